The second kappa shape index (κ2) is 4.36. The summed E-state index contributed by atoms with van der Waals surface area (Å²) < 4.78 is 6.06. The van der Waals surface area contributed by atoms with Gasteiger partial charge in [-0.15, -0.1) is 0 Å². The number of nitrogens with two attached hydrogens (primary N) is 1. The van der Waals surface area contributed by atoms with Crippen molar-refractivity contribution in [3.05, 3.63) is 36.1 Å². The van der Waals surface area contributed by atoms with E-state index in [4.69, 9.17) is 10.2 Å². The summed E-state index contributed by atoms with van der Waals surface area (Å²) in [6.45, 7) is 0. The van der Waals surface area contributed by atoms with Crippen LogP contribution >= 0.6 is 0 Å². The van der Waals surface area contributed by atoms with Crippen molar-refractivity contribution >= 4 is 11.0 Å². The number of hydrogen-bond acceptors (Lipinski definition) is 2. The third-order valence-electron chi connectivity index (χ3n) is 6.49. The predicted octanol–water partition coefficient (Wildman–Crippen LogP) is 4.50. The fourth-order valence-electron chi connectivity index (χ4n) is 5.91. The molecule has 2 heteroatoms. The topological polar surface area (TPSA) is 39.2 Å². The van der Waals surface area contributed by atoms with E-state index in [0.717, 1.165) is 35.0 Å². The fourth-order valence-corrected chi connectivity index (χ4v) is 5.91. The highest BCUT2D eigenvalue weighted by molar-refractivity contribution is 5.77. The van der Waals surface area contributed by atoms with Crippen molar-refractivity contribution in [3.63, 3.8) is 0 Å². The second-order valence-corrected chi connectivity index (χ2v) is 7.72. The molecule has 0 radical (unpaired) electrons. The van der Waals surface area contributed by atoms with E-state index in [1.54, 1.807) is 0 Å². The molecule has 4 saturated carbocycles. The van der Waals surface area contributed by atoms with Gasteiger partial charge < -0.3 is 10.2 Å². The van der Waals surface area contributed by atoms with Crippen LogP contribution in [-0.2, 0) is 0 Å². The highest BCUT2D eigenvalue weighted by atomic mass is 16.3. The van der Waals surface area contributed by atoms with Crippen molar-refractivity contribution in [1.82, 2.24) is 0 Å². The molecular weight excluding hydrogens is 258 g/mol. The Morgan fingerprint density at radius 2 is 1.62 bits per heavy atom. The van der Waals surface area contributed by atoms with E-state index < -0.39 is 0 Å². The lowest BCUT2D eigenvalue weighted by Crippen LogP contribution is -2.48. The number of hydrogen-bond donors (Lipinski definition) is 1. The monoisotopic (exact) mass is 281 g/mol. The molecule has 2 aromatic rings. The van der Waals surface area contributed by atoms with Gasteiger partial charge in [0, 0.05) is 5.39 Å². The molecular formula is C19H23NO. The van der Waals surface area contributed by atoms with E-state index in [1.807, 2.05) is 12.1 Å². The van der Waals surface area contributed by atoms with Crippen LogP contribution in [0.2, 0.25) is 0 Å². The Labute approximate surface area is 125 Å². The smallest absolute Gasteiger partial charge is 0.134 e. The van der Waals surface area contributed by atoms with Crippen LogP contribution in [0.3, 0.4) is 0 Å². The highest BCUT2D eigenvalue weighted by Gasteiger charge is 2.50. The summed E-state index contributed by atoms with van der Waals surface area (Å²) in [5.74, 6) is 5.37. The highest BCUT2D eigenvalue weighted by Crippen LogP contribution is 2.59. The molecule has 0 amide bonds. The van der Waals surface area contributed by atoms with Crippen molar-refractivity contribution < 1.29 is 4.42 Å². The van der Waals surface area contributed by atoms with E-state index >= 15 is 0 Å². The van der Waals surface area contributed by atoms with E-state index in [0.29, 0.717) is 5.92 Å². The van der Waals surface area contributed by atoms with Crippen LogP contribution < -0.4 is 5.73 Å². The Kier molecular flexibility index (Phi) is 2.55. The fraction of sp³-hybridized carbons (Fsp3) is 0.579. The normalized spacial score (nSPS) is 39.0. The van der Waals surface area contributed by atoms with Crippen LogP contribution in [0, 0.1) is 29.6 Å². The number of fused-ring (bicyclic) bond motifs is 1. The molecule has 1 heterocycles. The molecule has 4 aliphatic rings. The van der Waals surface area contributed by atoms with Gasteiger partial charge >= 0.3 is 0 Å². The average Bonchev–Trinajstić information content (AvgIpc) is 2.89. The standard InChI is InChI=1S/C19H23NO/c20-19(17-10-13-3-1-2-4-16(13)21-17)18-14-6-11-5-12(8-14)9-15(18)7-11/h1-4,10-12,14-15,18-19H,5-9,20H2. The maximum absolute atomic E-state index is 6.69. The van der Waals surface area contributed by atoms with Gasteiger partial charge in [-0.1, -0.05) is 18.2 Å². The van der Waals surface area contributed by atoms with Gasteiger partial charge in [-0.3, -0.25) is 0 Å². The molecule has 6 rings (SSSR count). The Balaban J connectivity index is 1.49. The zero-order chi connectivity index (χ0) is 14.0. The van der Waals surface area contributed by atoms with Crippen LogP contribution in [0.15, 0.2) is 34.7 Å². The van der Waals surface area contributed by atoms with Crippen molar-refractivity contribution in [2.45, 2.75) is 38.1 Å². The number of rotatable bonds is 2. The van der Waals surface area contributed by atoms with Crippen LogP contribution in [-0.4, -0.2) is 0 Å². The molecule has 2 nitrogen and oxygen atoms in total. The number of furan rings is 1. The maximum Gasteiger partial charge on any atom is 0.134 e. The average molecular weight is 281 g/mol. The Hall–Kier alpha value is -1.28. The maximum atomic E-state index is 6.69. The number of benzene rings is 1. The Morgan fingerprint density at radius 3 is 2.29 bits per heavy atom. The minimum Gasteiger partial charge on any atom is -0.459 e. The summed E-state index contributed by atoms with van der Waals surface area (Å²) >= 11 is 0. The summed E-state index contributed by atoms with van der Waals surface area (Å²) in [6.07, 6.45) is 7.19. The molecule has 1 unspecified atom stereocenters. The van der Waals surface area contributed by atoms with E-state index in [1.165, 1.54) is 37.5 Å². The molecule has 1 atom stereocenters. The zero-order valence-electron chi connectivity index (χ0n) is 12.4. The predicted molar refractivity (Wildman–Crippen MR) is 83.7 cm³/mol. The van der Waals surface area contributed by atoms with E-state index in [9.17, 15) is 0 Å². The lowest BCUT2D eigenvalue weighted by atomic mass is 9.50. The molecule has 21 heavy (non-hydrogen) atoms. The molecule has 0 spiro atoms. The molecule has 4 aliphatic carbocycles. The minimum absolute atomic E-state index is 0.0902. The minimum atomic E-state index is 0.0902. The van der Waals surface area contributed by atoms with Crippen molar-refractivity contribution in [1.29, 1.82) is 0 Å². The third-order valence-corrected chi connectivity index (χ3v) is 6.49. The summed E-state index contributed by atoms with van der Waals surface area (Å²) in [5, 5.41) is 1.19. The number of para-hydroxylation sites is 1. The van der Waals surface area contributed by atoms with Crippen molar-refractivity contribution in [2.24, 2.45) is 35.3 Å². The summed E-state index contributed by atoms with van der Waals surface area (Å²) in [7, 11) is 0. The molecule has 0 saturated heterocycles. The van der Waals surface area contributed by atoms with Gasteiger partial charge in [0.1, 0.15) is 11.3 Å². The Bertz CT molecular complexity index is 612. The third kappa shape index (κ3) is 1.81. The van der Waals surface area contributed by atoms with Crippen LogP contribution in [0.4, 0.5) is 0 Å². The molecule has 2 N–H and O–H groups in total. The SMILES string of the molecule is NC(c1cc2ccccc2o1)C1C2CC3CC(C2)CC1C3. The summed E-state index contributed by atoms with van der Waals surface area (Å²) in [5.41, 5.74) is 7.67. The van der Waals surface area contributed by atoms with E-state index in [-0.39, 0.29) is 6.04 Å². The van der Waals surface area contributed by atoms with E-state index in [2.05, 4.69) is 18.2 Å². The zero-order valence-corrected chi connectivity index (χ0v) is 12.4. The van der Waals surface area contributed by atoms with Gasteiger partial charge in [0.05, 0.1) is 6.04 Å². The lowest BCUT2D eigenvalue weighted by molar-refractivity contribution is -0.0494. The van der Waals surface area contributed by atoms with Crippen molar-refractivity contribution in [3.8, 4) is 0 Å². The van der Waals surface area contributed by atoms with Crippen LogP contribution in [0.5, 0.6) is 0 Å². The van der Waals surface area contributed by atoms with Gasteiger partial charge in [0.15, 0.2) is 0 Å². The van der Waals surface area contributed by atoms with Crippen LogP contribution in [0.25, 0.3) is 11.0 Å². The quantitative estimate of drug-likeness (QED) is 0.880. The van der Waals surface area contributed by atoms with Crippen molar-refractivity contribution in [2.75, 3.05) is 0 Å². The van der Waals surface area contributed by atoms with Gasteiger partial charge in [0.2, 0.25) is 0 Å². The summed E-state index contributed by atoms with van der Waals surface area (Å²) in [4.78, 5) is 0. The molecule has 1 aromatic carbocycles. The first-order valence-corrected chi connectivity index (χ1v) is 8.52. The molecule has 110 valence electrons. The van der Waals surface area contributed by atoms with Gasteiger partial charge in [-0.2, -0.15) is 0 Å². The van der Waals surface area contributed by atoms with Gasteiger partial charge in [0.25, 0.3) is 0 Å². The first-order valence-electron chi connectivity index (χ1n) is 8.52. The van der Waals surface area contributed by atoms with Gasteiger partial charge in [-0.05, 0) is 73.8 Å². The van der Waals surface area contributed by atoms with Gasteiger partial charge in [-0.25, -0.2) is 0 Å². The molecule has 4 bridgehead atoms. The molecule has 1 aromatic heterocycles. The Morgan fingerprint density at radius 1 is 0.952 bits per heavy atom. The van der Waals surface area contributed by atoms with Crippen LogP contribution in [0.1, 0.15) is 43.9 Å². The molecule has 4 fully saturated rings. The first-order chi connectivity index (χ1) is 10.3. The lowest BCUT2D eigenvalue weighted by Gasteiger charge is -2.55. The second-order valence-electron chi connectivity index (χ2n) is 7.72. The largest absolute Gasteiger partial charge is 0.459 e. The summed E-state index contributed by atoms with van der Waals surface area (Å²) in [6, 6.07) is 10.5. The first kappa shape index (κ1) is 12.3. The molecule has 0 aliphatic heterocycles.